The molecule has 1 aliphatic rings. The molecule has 1 aliphatic heterocycles. The average Bonchev–Trinajstić information content (AvgIpc) is 2.86. The Kier molecular flexibility index (Phi) is 3.78. The molecule has 2 atom stereocenters. The average molecular weight is 250 g/mol. The SMILES string of the molecule is N#CC(C(=O)C1CCCO1)c1ccccc1Cl. The summed E-state index contributed by atoms with van der Waals surface area (Å²) in [6.45, 7) is 0.594. The van der Waals surface area contributed by atoms with Gasteiger partial charge in [0, 0.05) is 11.6 Å². The van der Waals surface area contributed by atoms with Crippen molar-refractivity contribution in [2.75, 3.05) is 6.61 Å². The van der Waals surface area contributed by atoms with Crippen molar-refractivity contribution >= 4 is 17.4 Å². The summed E-state index contributed by atoms with van der Waals surface area (Å²) < 4.78 is 5.32. The molecule has 0 bridgehead atoms. The number of hydrogen-bond acceptors (Lipinski definition) is 3. The van der Waals surface area contributed by atoms with Gasteiger partial charge in [0.1, 0.15) is 12.0 Å². The van der Waals surface area contributed by atoms with Gasteiger partial charge in [0.05, 0.1) is 6.07 Å². The van der Waals surface area contributed by atoms with E-state index in [9.17, 15) is 4.79 Å². The molecule has 0 aliphatic carbocycles. The van der Waals surface area contributed by atoms with Gasteiger partial charge >= 0.3 is 0 Å². The lowest BCUT2D eigenvalue weighted by Crippen LogP contribution is -2.25. The highest BCUT2D eigenvalue weighted by molar-refractivity contribution is 6.31. The first kappa shape index (κ1) is 12.1. The molecule has 0 radical (unpaired) electrons. The zero-order valence-electron chi connectivity index (χ0n) is 9.23. The van der Waals surface area contributed by atoms with Crippen molar-refractivity contribution in [3.05, 3.63) is 34.9 Å². The first-order valence-electron chi connectivity index (χ1n) is 5.53. The summed E-state index contributed by atoms with van der Waals surface area (Å²) in [6.07, 6.45) is 1.12. The summed E-state index contributed by atoms with van der Waals surface area (Å²) in [7, 11) is 0. The molecule has 1 aromatic carbocycles. The minimum absolute atomic E-state index is 0.182. The maximum Gasteiger partial charge on any atom is 0.183 e. The van der Waals surface area contributed by atoms with E-state index in [-0.39, 0.29) is 5.78 Å². The van der Waals surface area contributed by atoms with Crippen LogP contribution in [0.4, 0.5) is 0 Å². The molecule has 1 aromatic rings. The van der Waals surface area contributed by atoms with Crippen molar-refractivity contribution in [1.29, 1.82) is 5.26 Å². The molecule has 1 fully saturated rings. The van der Waals surface area contributed by atoms with Crippen molar-refractivity contribution in [2.24, 2.45) is 0 Å². The van der Waals surface area contributed by atoms with E-state index in [0.717, 1.165) is 6.42 Å². The highest BCUT2D eigenvalue weighted by Gasteiger charge is 2.32. The monoisotopic (exact) mass is 249 g/mol. The summed E-state index contributed by atoms with van der Waals surface area (Å²) in [5, 5.41) is 9.60. The topological polar surface area (TPSA) is 50.1 Å². The van der Waals surface area contributed by atoms with Crippen LogP contribution in [0.1, 0.15) is 24.3 Å². The van der Waals surface area contributed by atoms with Gasteiger partial charge < -0.3 is 4.74 Å². The van der Waals surface area contributed by atoms with E-state index < -0.39 is 12.0 Å². The first-order valence-corrected chi connectivity index (χ1v) is 5.91. The number of Topliss-reactive ketones (excluding diaryl/α,β-unsaturated/α-hetero) is 1. The summed E-state index contributed by atoms with van der Waals surface area (Å²) in [5.41, 5.74) is 0.567. The van der Waals surface area contributed by atoms with Gasteiger partial charge in [0.25, 0.3) is 0 Å². The van der Waals surface area contributed by atoms with Crippen LogP contribution in [-0.2, 0) is 9.53 Å². The molecule has 0 amide bonds. The molecule has 17 heavy (non-hydrogen) atoms. The Morgan fingerprint density at radius 3 is 2.88 bits per heavy atom. The molecule has 0 aromatic heterocycles. The second-order valence-electron chi connectivity index (χ2n) is 3.99. The number of rotatable bonds is 3. The van der Waals surface area contributed by atoms with Gasteiger partial charge in [-0.2, -0.15) is 5.26 Å². The number of halogens is 1. The minimum Gasteiger partial charge on any atom is -0.370 e. The van der Waals surface area contributed by atoms with Gasteiger partial charge in [-0.25, -0.2) is 0 Å². The third-order valence-electron chi connectivity index (χ3n) is 2.88. The molecule has 3 nitrogen and oxygen atoms in total. The number of hydrogen-bond donors (Lipinski definition) is 0. The number of carbonyl (C=O) groups excluding carboxylic acids is 1. The van der Waals surface area contributed by atoms with E-state index in [1.54, 1.807) is 24.3 Å². The van der Waals surface area contributed by atoms with Crippen molar-refractivity contribution in [2.45, 2.75) is 24.9 Å². The third kappa shape index (κ3) is 2.49. The maximum atomic E-state index is 12.1. The van der Waals surface area contributed by atoms with Crippen molar-refractivity contribution in [3.63, 3.8) is 0 Å². The Morgan fingerprint density at radius 2 is 2.29 bits per heavy atom. The van der Waals surface area contributed by atoms with Crippen molar-refractivity contribution < 1.29 is 9.53 Å². The molecule has 0 spiro atoms. The van der Waals surface area contributed by atoms with E-state index in [0.29, 0.717) is 23.6 Å². The maximum absolute atomic E-state index is 12.1. The van der Waals surface area contributed by atoms with Crippen LogP contribution >= 0.6 is 11.6 Å². The number of nitrogens with zero attached hydrogens (tertiary/aromatic N) is 1. The predicted molar refractivity (Wildman–Crippen MR) is 63.8 cm³/mol. The highest BCUT2D eigenvalue weighted by Crippen LogP contribution is 2.28. The molecule has 0 N–H and O–H groups in total. The molecule has 1 saturated heterocycles. The van der Waals surface area contributed by atoms with Gasteiger partial charge in [0.15, 0.2) is 5.78 Å². The zero-order valence-corrected chi connectivity index (χ0v) is 9.98. The van der Waals surface area contributed by atoms with E-state index in [1.165, 1.54) is 0 Å². The number of carbonyl (C=O) groups is 1. The fourth-order valence-electron chi connectivity index (χ4n) is 1.98. The van der Waals surface area contributed by atoms with E-state index in [4.69, 9.17) is 21.6 Å². The van der Waals surface area contributed by atoms with Gasteiger partial charge in [-0.1, -0.05) is 29.8 Å². The van der Waals surface area contributed by atoms with Crippen LogP contribution in [-0.4, -0.2) is 18.5 Å². The molecule has 88 valence electrons. The quantitative estimate of drug-likeness (QED) is 0.828. The lowest BCUT2D eigenvalue weighted by Gasteiger charge is -2.14. The van der Waals surface area contributed by atoms with Crippen molar-refractivity contribution in [3.8, 4) is 6.07 Å². The Labute approximate surface area is 105 Å². The fourth-order valence-corrected chi connectivity index (χ4v) is 2.23. The second kappa shape index (κ2) is 5.31. The molecule has 0 saturated carbocycles. The molecule has 4 heteroatoms. The number of ether oxygens (including phenoxy) is 1. The van der Waals surface area contributed by atoms with Crippen LogP contribution in [0, 0.1) is 11.3 Å². The molecular formula is C13H12ClNO2. The molecule has 2 rings (SSSR count). The van der Waals surface area contributed by atoms with E-state index >= 15 is 0 Å². The van der Waals surface area contributed by atoms with E-state index in [1.807, 2.05) is 6.07 Å². The van der Waals surface area contributed by atoms with Gasteiger partial charge in [-0.3, -0.25) is 4.79 Å². The van der Waals surface area contributed by atoms with Gasteiger partial charge in [-0.15, -0.1) is 0 Å². The van der Waals surface area contributed by atoms with Crippen LogP contribution in [0.15, 0.2) is 24.3 Å². The lowest BCUT2D eigenvalue weighted by atomic mass is 9.92. The summed E-state index contributed by atoms with van der Waals surface area (Å²) >= 11 is 6.00. The summed E-state index contributed by atoms with van der Waals surface area (Å²) in [4.78, 5) is 12.1. The molecule has 1 heterocycles. The van der Waals surface area contributed by atoms with Crippen LogP contribution in [0.2, 0.25) is 5.02 Å². The lowest BCUT2D eigenvalue weighted by molar-refractivity contribution is -0.128. The van der Waals surface area contributed by atoms with Gasteiger partial charge in [0.2, 0.25) is 0 Å². The second-order valence-corrected chi connectivity index (χ2v) is 4.39. The van der Waals surface area contributed by atoms with Gasteiger partial charge in [-0.05, 0) is 24.5 Å². The van der Waals surface area contributed by atoms with E-state index in [2.05, 4.69) is 0 Å². The number of benzene rings is 1. The molecule has 2 unspecified atom stereocenters. The zero-order chi connectivity index (χ0) is 12.3. The molecular weight excluding hydrogens is 238 g/mol. The Balaban J connectivity index is 2.25. The van der Waals surface area contributed by atoms with Crippen LogP contribution in [0.5, 0.6) is 0 Å². The standard InChI is InChI=1S/C13H12ClNO2/c14-11-5-2-1-4-9(11)10(8-15)13(16)12-6-3-7-17-12/h1-2,4-5,10,12H,3,6-7H2. The largest absolute Gasteiger partial charge is 0.370 e. The normalized spacial score (nSPS) is 20.8. The number of nitriles is 1. The highest BCUT2D eigenvalue weighted by atomic mass is 35.5. The van der Waals surface area contributed by atoms with Crippen molar-refractivity contribution in [1.82, 2.24) is 0 Å². The predicted octanol–water partition coefficient (Wildman–Crippen LogP) is 2.70. The van der Waals surface area contributed by atoms with Crippen LogP contribution in [0.25, 0.3) is 0 Å². The van der Waals surface area contributed by atoms with Crippen LogP contribution in [0.3, 0.4) is 0 Å². The van der Waals surface area contributed by atoms with Crippen LogP contribution < -0.4 is 0 Å². The number of ketones is 1. The Hall–Kier alpha value is -1.37. The Morgan fingerprint density at radius 1 is 1.53 bits per heavy atom. The third-order valence-corrected chi connectivity index (χ3v) is 3.22. The first-order chi connectivity index (χ1) is 8.24. The summed E-state index contributed by atoms with van der Waals surface area (Å²) in [6, 6.07) is 8.96. The Bertz CT molecular complexity index is 461. The fraction of sp³-hybridized carbons (Fsp3) is 0.385. The minimum atomic E-state index is -0.827. The smallest absolute Gasteiger partial charge is 0.183 e. The summed E-state index contributed by atoms with van der Waals surface area (Å²) in [5.74, 6) is -1.01.